The molecule has 1 amide bonds. The van der Waals surface area contributed by atoms with Crippen molar-refractivity contribution in [3.8, 4) is 17.2 Å². The lowest BCUT2D eigenvalue weighted by atomic mass is 10.1. The topological polar surface area (TPSA) is 56.8 Å². The predicted octanol–water partition coefficient (Wildman–Crippen LogP) is 5.30. The molecular formula is C25H26ClNO4. The molecule has 0 aliphatic rings. The van der Waals surface area contributed by atoms with Crippen LogP contribution < -0.4 is 19.5 Å². The Morgan fingerprint density at radius 2 is 1.74 bits per heavy atom. The summed E-state index contributed by atoms with van der Waals surface area (Å²) >= 11 is 6.17. The summed E-state index contributed by atoms with van der Waals surface area (Å²) in [4.78, 5) is 12.7. The average molecular weight is 440 g/mol. The second-order valence-electron chi connectivity index (χ2n) is 6.83. The van der Waals surface area contributed by atoms with Crippen LogP contribution in [0.2, 0.25) is 5.02 Å². The molecule has 0 bridgehead atoms. The molecule has 162 valence electrons. The van der Waals surface area contributed by atoms with Gasteiger partial charge in [0.25, 0.3) is 5.91 Å². The number of carbonyl (C=O) groups excluding carboxylic acids is 1. The second-order valence-corrected chi connectivity index (χ2v) is 7.24. The highest BCUT2D eigenvalue weighted by Gasteiger charge is 2.12. The predicted molar refractivity (Wildman–Crippen MR) is 122 cm³/mol. The number of benzene rings is 3. The van der Waals surface area contributed by atoms with Crippen molar-refractivity contribution < 1.29 is 19.0 Å². The Kier molecular flexibility index (Phi) is 8.19. The lowest BCUT2D eigenvalue weighted by Crippen LogP contribution is -2.25. The average Bonchev–Trinajstić information content (AvgIpc) is 2.80. The van der Waals surface area contributed by atoms with E-state index in [1.54, 1.807) is 37.4 Å². The molecule has 6 heteroatoms. The summed E-state index contributed by atoms with van der Waals surface area (Å²) in [6.45, 7) is 3.21. The van der Waals surface area contributed by atoms with E-state index in [2.05, 4.69) is 5.32 Å². The molecule has 0 aromatic heterocycles. The van der Waals surface area contributed by atoms with Crippen LogP contribution >= 0.6 is 11.6 Å². The number of amides is 1. The number of para-hydroxylation sites is 1. The second kappa shape index (κ2) is 11.3. The first kappa shape index (κ1) is 22.5. The lowest BCUT2D eigenvalue weighted by molar-refractivity contribution is 0.0954. The largest absolute Gasteiger partial charge is 0.497 e. The first-order chi connectivity index (χ1) is 15.1. The molecule has 0 atom stereocenters. The number of rotatable bonds is 10. The molecule has 3 aromatic rings. The van der Waals surface area contributed by atoms with E-state index in [0.717, 1.165) is 23.3 Å². The number of hydrogen-bond acceptors (Lipinski definition) is 4. The molecule has 0 fully saturated rings. The summed E-state index contributed by atoms with van der Waals surface area (Å²) < 4.78 is 16.7. The highest BCUT2D eigenvalue weighted by atomic mass is 35.5. The van der Waals surface area contributed by atoms with Gasteiger partial charge in [-0.15, -0.1) is 0 Å². The van der Waals surface area contributed by atoms with Crippen LogP contribution in [0.1, 0.15) is 28.4 Å². The molecule has 0 aliphatic carbocycles. The summed E-state index contributed by atoms with van der Waals surface area (Å²) in [6.07, 6.45) is 0.731. The van der Waals surface area contributed by atoms with E-state index in [4.69, 9.17) is 25.8 Å². The van der Waals surface area contributed by atoms with Crippen molar-refractivity contribution in [1.82, 2.24) is 5.32 Å². The van der Waals surface area contributed by atoms with Crippen molar-refractivity contribution in [2.75, 3.05) is 20.3 Å². The van der Waals surface area contributed by atoms with Gasteiger partial charge >= 0.3 is 0 Å². The van der Waals surface area contributed by atoms with E-state index < -0.39 is 0 Å². The molecule has 31 heavy (non-hydrogen) atoms. The minimum atomic E-state index is -0.143. The van der Waals surface area contributed by atoms with E-state index in [0.29, 0.717) is 35.2 Å². The van der Waals surface area contributed by atoms with Gasteiger partial charge in [-0.05, 0) is 61.4 Å². The Morgan fingerprint density at radius 1 is 0.968 bits per heavy atom. The van der Waals surface area contributed by atoms with Crippen LogP contribution in [0.5, 0.6) is 17.2 Å². The maximum Gasteiger partial charge on any atom is 0.251 e. The fourth-order valence-corrected chi connectivity index (χ4v) is 3.25. The number of ether oxygens (including phenoxy) is 3. The summed E-state index contributed by atoms with van der Waals surface area (Å²) in [7, 11) is 1.64. The zero-order valence-corrected chi connectivity index (χ0v) is 18.4. The Labute approximate surface area is 187 Å². The smallest absolute Gasteiger partial charge is 0.251 e. The number of carbonyl (C=O) groups is 1. The van der Waals surface area contributed by atoms with Crippen molar-refractivity contribution in [3.63, 3.8) is 0 Å². The van der Waals surface area contributed by atoms with Gasteiger partial charge in [0, 0.05) is 17.7 Å². The van der Waals surface area contributed by atoms with Crippen LogP contribution in [0, 0.1) is 0 Å². The van der Waals surface area contributed by atoms with Gasteiger partial charge in [0.2, 0.25) is 0 Å². The lowest BCUT2D eigenvalue weighted by Gasteiger charge is -2.14. The van der Waals surface area contributed by atoms with E-state index >= 15 is 0 Å². The van der Waals surface area contributed by atoms with E-state index in [9.17, 15) is 4.79 Å². The van der Waals surface area contributed by atoms with E-state index in [-0.39, 0.29) is 12.5 Å². The molecular weight excluding hydrogens is 414 g/mol. The summed E-state index contributed by atoms with van der Waals surface area (Å²) in [5, 5.41) is 3.50. The summed E-state index contributed by atoms with van der Waals surface area (Å²) in [5.74, 6) is 1.94. The first-order valence-electron chi connectivity index (χ1n) is 10.1. The summed E-state index contributed by atoms with van der Waals surface area (Å²) in [5.41, 5.74) is 2.46. The first-order valence-corrected chi connectivity index (χ1v) is 10.5. The molecule has 1 N–H and O–H groups in total. The molecule has 5 nitrogen and oxygen atoms in total. The van der Waals surface area contributed by atoms with Crippen LogP contribution in [0.25, 0.3) is 0 Å². The number of nitrogens with one attached hydrogen (secondary N) is 1. The van der Waals surface area contributed by atoms with Crippen molar-refractivity contribution >= 4 is 17.5 Å². The molecule has 3 aromatic carbocycles. The van der Waals surface area contributed by atoms with Gasteiger partial charge in [-0.25, -0.2) is 0 Å². The number of hydrogen-bond donors (Lipinski definition) is 1. The van der Waals surface area contributed by atoms with Gasteiger partial charge in [-0.1, -0.05) is 35.9 Å². The molecule has 0 saturated carbocycles. The third-order valence-corrected chi connectivity index (χ3v) is 5.01. The van der Waals surface area contributed by atoms with Gasteiger partial charge in [0.15, 0.2) is 0 Å². The van der Waals surface area contributed by atoms with Gasteiger partial charge in [0.1, 0.15) is 23.9 Å². The quantitative estimate of drug-likeness (QED) is 0.465. The van der Waals surface area contributed by atoms with Gasteiger partial charge in [-0.3, -0.25) is 4.79 Å². The van der Waals surface area contributed by atoms with Gasteiger partial charge in [-0.2, -0.15) is 0 Å². The normalized spacial score (nSPS) is 10.4. The molecule has 3 rings (SSSR count). The number of methoxy groups -OCH3 is 1. The Hall–Kier alpha value is -3.18. The fraction of sp³-hybridized carbons (Fsp3) is 0.240. The highest BCUT2D eigenvalue weighted by Crippen LogP contribution is 2.27. The Balaban J connectivity index is 1.63. The van der Waals surface area contributed by atoms with Crippen molar-refractivity contribution in [3.05, 3.63) is 88.4 Å². The van der Waals surface area contributed by atoms with Crippen LogP contribution in [-0.4, -0.2) is 26.2 Å². The van der Waals surface area contributed by atoms with Crippen LogP contribution in [0.4, 0.5) is 0 Å². The van der Waals surface area contributed by atoms with Crippen LogP contribution in [0.3, 0.4) is 0 Å². The molecule has 0 saturated heterocycles. The highest BCUT2D eigenvalue weighted by molar-refractivity contribution is 6.32. The van der Waals surface area contributed by atoms with Crippen molar-refractivity contribution in [2.24, 2.45) is 0 Å². The molecule has 0 spiro atoms. The SMILES string of the molecule is CCOc1ccc(C(=O)NCCc2ccc(OC)cc2)cc1COc1ccccc1Cl. The maximum atomic E-state index is 12.7. The third-order valence-electron chi connectivity index (χ3n) is 4.70. The van der Waals surface area contributed by atoms with Gasteiger partial charge < -0.3 is 19.5 Å². The maximum absolute atomic E-state index is 12.7. The number of halogens is 1. The van der Waals surface area contributed by atoms with E-state index in [1.807, 2.05) is 43.3 Å². The van der Waals surface area contributed by atoms with Gasteiger partial charge in [0.05, 0.1) is 18.7 Å². The Morgan fingerprint density at radius 3 is 2.45 bits per heavy atom. The zero-order valence-electron chi connectivity index (χ0n) is 17.7. The van der Waals surface area contributed by atoms with E-state index in [1.165, 1.54) is 0 Å². The fourth-order valence-electron chi connectivity index (χ4n) is 3.06. The van der Waals surface area contributed by atoms with Crippen LogP contribution in [-0.2, 0) is 13.0 Å². The van der Waals surface area contributed by atoms with Crippen LogP contribution in [0.15, 0.2) is 66.7 Å². The molecule has 0 aliphatic heterocycles. The zero-order chi connectivity index (χ0) is 22.1. The van der Waals surface area contributed by atoms with Crippen molar-refractivity contribution in [2.45, 2.75) is 20.0 Å². The molecule has 0 heterocycles. The minimum Gasteiger partial charge on any atom is -0.497 e. The summed E-state index contributed by atoms with van der Waals surface area (Å²) in [6, 6.07) is 20.4. The third kappa shape index (κ3) is 6.40. The minimum absolute atomic E-state index is 0.143. The molecule has 0 unspecified atom stereocenters. The van der Waals surface area contributed by atoms with Crippen molar-refractivity contribution in [1.29, 1.82) is 0 Å². The monoisotopic (exact) mass is 439 g/mol. The Bertz CT molecular complexity index is 1000. The standard InChI is InChI=1S/C25H26ClNO4/c1-3-30-23-13-10-19(16-20(23)17-31-24-7-5-4-6-22(24)26)25(28)27-15-14-18-8-11-21(29-2)12-9-18/h4-13,16H,3,14-15,17H2,1-2H3,(H,27,28). The molecule has 0 radical (unpaired) electrons.